The standard InChI is InChI=1S/C15H15F/c1-10-4-5-15(12(3)6-10)13-7-11(2)8-14(16)9-13/h4-9H,1-3H3. The maximum absolute atomic E-state index is 13.3. The molecule has 0 spiro atoms. The fourth-order valence-corrected chi connectivity index (χ4v) is 2.03. The molecule has 0 radical (unpaired) electrons. The number of hydrogen-bond donors (Lipinski definition) is 0. The van der Waals surface area contributed by atoms with Crippen LogP contribution in [0.4, 0.5) is 4.39 Å². The van der Waals surface area contributed by atoms with E-state index in [4.69, 9.17) is 0 Å². The molecule has 0 aliphatic heterocycles. The second kappa shape index (κ2) is 4.09. The van der Waals surface area contributed by atoms with E-state index in [-0.39, 0.29) is 5.82 Å². The summed E-state index contributed by atoms with van der Waals surface area (Å²) >= 11 is 0. The van der Waals surface area contributed by atoms with Crippen molar-refractivity contribution >= 4 is 0 Å². The normalized spacial score (nSPS) is 10.5. The molecule has 0 unspecified atom stereocenters. The van der Waals surface area contributed by atoms with Crippen LogP contribution in [0, 0.1) is 26.6 Å². The topological polar surface area (TPSA) is 0 Å². The third-order valence-electron chi connectivity index (χ3n) is 2.74. The Morgan fingerprint density at radius 3 is 2.19 bits per heavy atom. The number of hydrogen-bond acceptors (Lipinski definition) is 0. The van der Waals surface area contributed by atoms with Crippen LogP contribution in [0.1, 0.15) is 16.7 Å². The Balaban J connectivity index is 2.58. The second-order valence-corrected chi connectivity index (χ2v) is 4.34. The van der Waals surface area contributed by atoms with Gasteiger partial charge in [-0.1, -0.05) is 29.8 Å². The first-order chi connectivity index (χ1) is 7.56. The first-order valence-corrected chi connectivity index (χ1v) is 5.41. The van der Waals surface area contributed by atoms with Gasteiger partial charge in [-0.15, -0.1) is 0 Å². The van der Waals surface area contributed by atoms with Gasteiger partial charge in [-0.2, -0.15) is 0 Å². The Morgan fingerprint density at radius 1 is 0.812 bits per heavy atom. The largest absolute Gasteiger partial charge is 0.207 e. The summed E-state index contributed by atoms with van der Waals surface area (Å²) in [5, 5.41) is 0. The number of aryl methyl sites for hydroxylation is 3. The predicted octanol–water partition coefficient (Wildman–Crippen LogP) is 4.42. The molecule has 16 heavy (non-hydrogen) atoms. The fourth-order valence-electron chi connectivity index (χ4n) is 2.03. The minimum absolute atomic E-state index is 0.171. The highest BCUT2D eigenvalue weighted by Crippen LogP contribution is 2.25. The molecule has 0 bridgehead atoms. The monoisotopic (exact) mass is 214 g/mol. The van der Waals surface area contributed by atoms with E-state index in [1.165, 1.54) is 11.1 Å². The van der Waals surface area contributed by atoms with E-state index < -0.39 is 0 Å². The summed E-state index contributed by atoms with van der Waals surface area (Å²) in [5.41, 5.74) is 5.43. The molecule has 0 aliphatic rings. The summed E-state index contributed by atoms with van der Waals surface area (Å²) in [6.07, 6.45) is 0. The number of halogens is 1. The Morgan fingerprint density at radius 2 is 1.56 bits per heavy atom. The van der Waals surface area contributed by atoms with Crippen molar-refractivity contribution in [2.45, 2.75) is 20.8 Å². The fraction of sp³-hybridized carbons (Fsp3) is 0.200. The Labute approximate surface area is 95.7 Å². The van der Waals surface area contributed by atoms with Gasteiger partial charge in [0.05, 0.1) is 0 Å². The molecule has 2 aromatic rings. The average Bonchev–Trinajstić information content (AvgIpc) is 2.15. The van der Waals surface area contributed by atoms with Gasteiger partial charge in [0.1, 0.15) is 5.82 Å². The summed E-state index contributed by atoms with van der Waals surface area (Å²) < 4.78 is 13.3. The van der Waals surface area contributed by atoms with E-state index in [2.05, 4.69) is 32.0 Å². The first kappa shape index (κ1) is 10.9. The molecule has 1 heteroatoms. The van der Waals surface area contributed by atoms with Crippen molar-refractivity contribution in [2.75, 3.05) is 0 Å². The predicted molar refractivity (Wildman–Crippen MR) is 66.0 cm³/mol. The van der Waals surface area contributed by atoms with Crippen LogP contribution >= 0.6 is 0 Å². The number of benzene rings is 2. The van der Waals surface area contributed by atoms with Gasteiger partial charge in [0.2, 0.25) is 0 Å². The minimum atomic E-state index is -0.171. The molecule has 0 heterocycles. The molecule has 0 fully saturated rings. The molecule has 0 amide bonds. The van der Waals surface area contributed by atoms with Crippen LogP contribution in [0.25, 0.3) is 11.1 Å². The quantitative estimate of drug-likeness (QED) is 0.659. The van der Waals surface area contributed by atoms with Gasteiger partial charge in [-0.3, -0.25) is 0 Å². The summed E-state index contributed by atoms with van der Waals surface area (Å²) in [6.45, 7) is 6.03. The summed E-state index contributed by atoms with van der Waals surface area (Å²) in [4.78, 5) is 0. The molecule has 0 N–H and O–H groups in total. The van der Waals surface area contributed by atoms with E-state index >= 15 is 0 Å². The second-order valence-electron chi connectivity index (χ2n) is 4.34. The van der Waals surface area contributed by atoms with Crippen molar-refractivity contribution in [1.82, 2.24) is 0 Å². The van der Waals surface area contributed by atoms with E-state index in [1.54, 1.807) is 12.1 Å². The Kier molecular flexibility index (Phi) is 2.78. The van der Waals surface area contributed by atoms with Crippen molar-refractivity contribution in [3.05, 3.63) is 58.9 Å². The van der Waals surface area contributed by atoms with Crippen LogP contribution in [-0.2, 0) is 0 Å². The van der Waals surface area contributed by atoms with Crippen LogP contribution in [-0.4, -0.2) is 0 Å². The van der Waals surface area contributed by atoms with Crippen molar-refractivity contribution in [2.24, 2.45) is 0 Å². The zero-order valence-corrected chi connectivity index (χ0v) is 9.84. The molecule has 0 aliphatic carbocycles. The summed E-state index contributed by atoms with van der Waals surface area (Å²) in [7, 11) is 0. The molecule has 0 saturated heterocycles. The molecular weight excluding hydrogens is 199 g/mol. The van der Waals surface area contributed by atoms with Crippen LogP contribution in [0.5, 0.6) is 0 Å². The van der Waals surface area contributed by atoms with Gasteiger partial charge < -0.3 is 0 Å². The lowest BCUT2D eigenvalue weighted by molar-refractivity contribution is 0.627. The zero-order chi connectivity index (χ0) is 11.7. The SMILES string of the molecule is Cc1cc(F)cc(-c2ccc(C)cc2C)c1. The van der Waals surface area contributed by atoms with E-state index in [0.29, 0.717) is 0 Å². The third kappa shape index (κ3) is 2.13. The van der Waals surface area contributed by atoms with E-state index in [1.807, 2.05) is 13.0 Å². The maximum Gasteiger partial charge on any atom is 0.124 e. The maximum atomic E-state index is 13.3. The molecule has 0 atom stereocenters. The molecule has 82 valence electrons. The molecule has 2 rings (SSSR count). The molecule has 0 nitrogen and oxygen atoms in total. The van der Waals surface area contributed by atoms with Gasteiger partial charge in [0, 0.05) is 0 Å². The lowest BCUT2D eigenvalue weighted by Gasteiger charge is -2.08. The molecule has 0 aromatic heterocycles. The van der Waals surface area contributed by atoms with Gasteiger partial charge in [-0.25, -0.2) is 4.39 Å². The van der Waals surface area contributed by atoms with Gasteiger partial charge in [0.25, 0.3) is 0 Å². The molecule has 0 saturated carbocycles. The number of rotatable bonds is 1. The van der Waals surface area contributed by atoms with Gasteiger partial charge in [0.15, 0.2) is 0 Å². The first-order valence-electron chi connectivity index (χ1n) is 5.41. The molecular formula is C15H15F. The van der Waals surface area contributed by atoms with Crippen LogP contribution in [0.15, 0.2) is 36.4 Å². The Hall–Kier alpha value is -1.63. The van der Waals surface area contributed by atoms with Gasteiger partial charge >= 0.3 is 0 Å². The van der Waals surface area contributed by atoms with Crippen LogP contribution < -0.4 is 0 Å². The van der Waals surface area contributed by atoms with Crippen molar-refractivity contribution < 1.29 is 4.39 Å². The van der Waals surface area contributed by atoms with Crippen LogP contribution in [0.2, 0.25) is 0 Å². The van der Waals surface area contributed by atoms with E-state index in [9.17, 15) is 4.39 Å². The van der Waals surface area contributed by atoms with Crippen LogP contribution in [0.3, 0.4) is 0 Å². The lowest BCUT2D eigenvalue weighted by atomic mass is 9.97. The highest BCUT2D eigenvalue weighted by atomic mass is 19.1. The van der Waals surface area contributed by atoms with Gasteiger partial charge in [-0.05, 0) is 55.2 Å². The average molecular weight is 214 g/mol. The van der Waals surface area contributed by atoms with E-state index in [0.717, 1.165) is 16.7 Å². The third-order valence-corrected chi connectivity index (χ3v) is 2.74. The molecule has 2 aromatic carbocycles. The Bertz CT molecular complexity index is 507. The van der Waals surface area contributed by atoms with Crippen molar-refractivity contribution in [1.29, 1.82) is 0 Å². The smallest absolute Gasteiger partial charge is 0.124 e. The van der Waals surface area contributed by atoms with Crippen molar-refractivity contribution in [3.8, 4) is 11.1 Å². The zero-order valence-electron chi connectivity index (χ0n) is 9.84. The highest BCUT2D eigenvalue weighted by Gasteiger charge is 2.04. The highest BCUT2D eigenvalue weighted by molar-refractivity contribution is 5.68. The summed E-state index contributed by atoms with van der Waals surface area (Å²) in [5.74, 6) is -0.171. The van der Waals surface area contributed by atoms with Crippen molar-refractivity contribution in [3.63, 3.8) is 0 Å². The summed E-state index contributed by atoms with van der Waals surface area (Å²) in [6, 6.07) is 11.4. The lowest BCUT2D eigenvalue weighted by Crippen LogP contribution is -1.87. The minimum Gasteiger partial charge on any atom is -0.207 e.